The Balaban J connectivity index is 0.00000108. The molecule has 0 aromatic carbocycles. The first-order valence-electron chi connectivity index (χ1n) is 7.32. The molecule has 0 amide bonds. The van der Waals surface area contributed by atoms with Crippen molar-refractivity contribution in [2.45, 2.75) is 53.9 Å². The molecule has 6 unspecified atom stereocenters. The van der Waals surface area contributed by atoms with Gasteiger partial charge in [-0.1, -0.05) is 52.4 Å². The maximum Gasteiger partial charge on any atom is 1.00 e. The van der Waals surface area contributed by atoms with Crippen LogP contribution in [0.1, 0.15) is 53.9 Å². The normalized spacial score (nSPS) is 51.4. The van der Waals surface area contributed by atoms with E-state index in [0.29, 0.717) is 5.41 Å². The minimum Gasteiger partial charge on any atom is -0.308 e. The summed E-state index contributed by atoms with van der Waals surface area (Å²) < 4.78 is 0. The van der Waals surface area contributed by atoms with Crippen LogP contribution in [-0.4, -0.2) is 0 Å². The second-order valence-corrected chi connectivity index (χ2v) is 7.39. The summed E-state index contributed by atoms with van der Waals surface area (Å²) in [5, 5.41) is 0. The molecule has 0 saturated heterocycles. The second-order valence-electron chi connectivity index (χ2n) is 7.39. The Labute approximate surface area is 150 Å². The Kier molecular flexibility index (Phi) is 4.31. The molecule has 3 saturated carbocycles. The van der Waals surface area contributed by atoms with Crippen molar-refractivity contribution in [2.75, 3.05) is 0 Å². The minimum atomic E-state index is 0. The molecule has 6 atom stereocenters. The molecule has 3 aliphatic rings. The molecule has 0 aromatic rings. The fourth-order valence-corrected chi connectivity index (χ4v) is 5.79. The molecule has 0 N–H and O–H groups in total. The summed E-state index contributed by atoms with van der Waals surface area (Å²) in [5.74, 6) is 8.00. The van der Waals surface area contributed by atoms with Gasteiger partial charge in [-0.2, -0.15) is 18.3 Å². The SMILES string of the molecule is CCC1CC(C)C2C1C1CC2C(C)(C)[C-]1C.[K+]. The van der Waals surface area contributed by atoms with Gasteiger partial charge < -0.3 is 5.92 Å². The molecule has 92 valence electrons. The van der Waals surface area contributed by atoms with E-state index in [9.17, 15) is 0 Å². The topological polar surface area (TPSA) is 0 Å². The molecule has 0 aliphatic heterocycles. The molecule has 0 heterocycles. The van der Waals surface area contributed by atoms with Crippen LogP contribution < -0.4 is 51.4 Å². The predicted octanol–water partition coefficient (Wildman–Crippen LogP) is 1.56. The number of rotatable bonds is 1. The maximum atomic E-state index is 2.53. The molecular weight excluding hydrogens is 231 g/mol. The summed E-state index contributed by atoms with van der Waals surface area (Å²) in [6, 6.07) is 0. The number of fused-ring (bicyclic) bond motifs is 5. The van der Waals surface area contributed by atoms with Crippen LogP contribution in [-0.2, 0) is 0 Å². The summed E-state index contributed by atoms with van der Waals surface area (Å²) in [6.07, 6.45) is 4.46. The number of hydrogen-bond acceptors (Lipinski definition) is 0. The van der Waals surface area contributed by atoms with E-state index in [1.165, 1.54) is 19.3 Å². The third-order valence-electron chi connectivity index (χ3n) is 6.78. The van der Waals surface area contributed by atoms with Crippen molar-refractivity contribution in [3.05, 3.63) is 5.92 Å². The zero-order valence-corrected chi connectivity index (χ0v) is 15.7. The van der Waals surface area contributed by atoms with E-state index in [0.717, 1.165) is 35.5 Å². The van der Waals surface area contributed by atoms with E-state index in [4.69, 9.17) is 0 Å². The Bertz CT molecular complexity index is 296. The monoisotopic (exact) mass is 258 g/mol. The summed E-state index contributed by atoms with van der Waals surface area (Å²) >= 11 is 0. The zero-order chi connectivity index (χ0) is 11.7. The van der Waals surface area contributed by atoms with Crippen LogP contribution in [0.5, 0.6) is 0 Å². The largest absolute Gasteiger partial charge is 1.00 e. The van der Waals surface area contributed by atoms with Gasteiger partial charge in [-0.25, -0.2) is 0 Å². The standard InChI is InChI=1S/C16H27.K/c1-6-11-7-9(2)14-13-8-12(15(11)14)10(3)16(13,4)5;/h9,11-15H,6-8H2,1-5H3;/q-1;+1. The van der Waals surface area contributed by atoms with Gasteiger partial charge in [0.1, 0.15) is 0 Å². The Morgan fingerprint density at radius 1 is 1.18 bits per heavy atom. The zero-order valence-electron chi connectivity index (χ0n) is 12.6. The molecule has 0 nitrogen and oxygen atoms in total. The van der Waals surface area contributed by atoms with Crippen molar-refractivity contribution in [2.24, 2.45) is 40.9 Å². The van der Waals surface area contributed by atoms with Gasteiger partial charge in [0.05, 0.1) is 0 Å². The molecule has 2 bridgehead atoms. The van der Waals surface area contributed by atoms with Crippen LogP contribution in [0.15, 0.2) is 0 Å². The van der Waals surface area contributed by atoms with E-state index in [1.54, 1.807) is 0 Å². The summed E-state index contributed by atoms with van der Waals surface area (Å²) in [6.45, 7) is 12.4. The molecule has 3 fully saturated rings. The van der Waals surface area contributed by atoms with Gasteiger partial charge in [-0.15, -0.1) is 0 Å². The Morgan fingerprint density at radius 3 is 2.41 bits per heavy atom. The molecule has 3 aliphatic carbocycles. The van der Waals surface area contributed by atoms with Crippen molar-refractivity contribution in [1.82, 2.24) is 0 Å². The van der Waals surface area contributed by atoms with Crippen LogP contribution in [0.4, 0.5) is 0 Å². The van der Waals surface area contributed by atoms with Crippen LogP contribution >= 0.6 is 0 Å². The molecule has 17 heavy (non-hydrogen) atoms. The van der Waals surface area contributed by atoms with E-state index in [2.05, 4.69) is 34.6 Å². The van der Waals surface area contributed by atoms with E-state index in [1.807, 2.05) is 5.92 Å². The smallest absolute Gasteiger partial charge is 0.308 e. The molecular formula is C16H27K. The quantitative estimate of drug-likeness (QED) is 0.495. The van der Waals surface area contributed by atoms with Gasteiger partial charge >= 0.3 is 51.4 Å². The Hall–Kier alpha value is 1.64. The average molecular weight is 258 g/mol. The minimum absolute atomic E-state index is 0. The first kappa shape index (κ1) is 15.0. The van der Waals surface area contributed by atoms with Crippen LogP contribution in [0, 0.1) is 46.8 Å². The maximum absolute atomic E-state index is 2.53. The predicted molar refractivity (Wildman–Crippen MR) is 68.8 cm³/mol. The van der Waals surface area contributed by atoms with Crippen molar-refractivity contribution in [3.63, 3.8) is 0 Å². The third-order valence-corrected chi connectivity index (χ3v) is 6.78. The van der Waals surface area contributed by atoms with Gasteiger partial charge in [0, 0.05) is 0 Å². The van der Waals surface area contributed by atoms with Gasteiger partial charge in [-0.05, 0) is 24.2 Å². The van der Waals surface area contributed by atoms with Crippen LogP contribution in [0.25, 0.3) is 0 Å². The van der Waals surface area contributed by atoms with E-state index < -0.39 is 0 Å². The molecule has 0 spiro atoms. The van der Waals surface area contributed by atoms with E-state index >= 15 is 0 Å². The molecule has 0 radical (unpaired) electrons. The molecule has 1 heteroatoms. The summed E-state index contributed by atoms with van der Waals surface area (Å²) in [7, 11) is 0. The first-order chi connectivity index (χ1) is 7.48. The first-order valence-corrected chi connectivity index (χ1v) is 7.32. The van der Waals surface area contributed by atoms with Gasteiger partial charge in [-0.3, -0.25) is 0 Å². The third kappa shape index (κ3) is 1.90. The van der Waals surface area contributed by atoms with Crippen molar-refractivity contribution in [1.29, 1.82) is 0 Å². The van der Waals surface area contributed by atoms with Crippen LogP contribution in [0.2, 0.25) is 0 Å². The van der Waals surface area contributed by atoms with Crippen molar-refractivity contribution >= 4 is 0 Å². The average Bonchev–Trinajstić information content (AvgIpc) is 2.81. The van der Waals surface area contributed by atoms with Gasteiger partial charge in [0.25, 0.3) is 0 Å². The van der Waals surface area contributed by atoms with E-state index in [-0.39, 0.29) is 51.4 Å². The summed E-state index contributed by atoms with van der Waals surface area (Å²) in [5.41, 5.74) is 0.544. The second kappa shape index (κ2) is 4.88. The van der Waals surface area contributed by atoms with Gasteiger partial charge in [0.2, 0.25) is 0 Å². The summed E-state index contributed by atoms with van der Waals surface area (Å²) in [4.78, 5) is 0. The fourth-order valence-electron chi connectivity index (χ4n) is 5.79. The van der Waals surface area contributed by atoms with Crippen molar-refractivity contribution < 1.29 is 51.4 Å². The molecule has 3 rings (SSSR count). The van der Waals surface area contributed by atoms with Crippen molar-refractivity contribution in [3.8, 4) is 0 Å². The fraction of sp³-hybridized carbons (Fsp3) is 0.938. The van der Waals surface area contributed by atoms with Gasteiger partial charge in [0.15, 0.2) is 0 Å². The molecule has 0 aromatic heterocycles. The Morgan fingerprint density at radius 2 is 1.82 bits per heavy atom. The number of hydrogen-bond donors (Lipinski definition) is 0. The van der Waals surface area contributed by atoms with Crippen LogP contribution in [0.3, 0.4) is 0 Å².